The minimum Gasteiger partial charge on any atom is -0.722 e. The molecule has 9 nitrogen and oxygen atoms in total. The summed E-state index contributed by atoms with van der Waals surface area (Å²) >= 11 is 0. The Hall–Kier alpha value is -3.67. The number of nitro benzene ring substituents is 1. The maximum Gasteiger partial charge on any atom is 0.367 e. The average Bonchev–Trinajstić information content (AvgIpc) is 2.72. The van der Waals surface area contributed by atoms with Crippen LogP contribution < -0.4 is 4.90 Å². The zero-order chi connectivity index (χ0) is 25.4. The van der Waals surface area contributed by atoms with Gasteiger partial charge >= 0.3 is 5.97 Å². The van der Waals surface area contributed by atoms with Crippen LogP contribution in [0.2, 0.25) is 0 Å². The molecule has 0 fully saturated rings. The van der Waals surface area contributed by atoms with E-state index in [4.69, 9.17) is 13.0 Å². The first-order chi connectivity index (χ1) is 15.8. The van der Waals surface area contributed by atoms with E-state index >= 15 is 0 Å². The lowest BCUT2D eigenvalue weighted by Gasteiger charge is -2.31. The monoisotopic (exact) mass is 488 g/mol. The second kappa shape index (κ2) is 9.29. The van der Waals surface area contributed by atoms with E-state index in [-0.39, 0.29) is 10.6 Å². The molecule has 178 valence electrons. The van der Waals surface area contributed by atoms with Crippen LogP contribution in [0.15, 0.2) is 54.6 Å². The van der Waals surface area contributed by atoms with Crippen molar-refractivity contribution in [2.24, 2.45) is 0 Å². The molecule has 0 aromatic heterocycles. The molecule has 0 aliphatic carbocycles. The molecule has 2 unspecified atom stereocenters. The topological polar surface area (TPSA) is 142 Å². The van der Waals surface area contributed by atoms with Crippen LogP contribution in [-0.4, -0.2) is 36.0 Å². The lowest BCUT2D eigenvalue weighted by atomic mass is 9.82. The van der Waals surface area contributed by atoms with E-state index in [1.54, 1.807) is 12.1 Å². The van der Waals surface area contributed by atoms with Gasteiger partial charge in [-0.05, 0) is 47.7 Å². The number of benzene rings is 3. The molecule has 0 saturated carbocycles. The Morgan fingerprint density at radius 3 is 2.09 bits per heavy atom. The van der Waals surface area contributed by atoms with Crippen LogP contribution in [0.4, 0.5) is 15.3 Å². The number of aliphatic carboxylic acids is 1. The predicted molar refractivity (Wildman–Crippen MR) is 121 cm³/mol. The summed E-state index contributed by atoms with van der Waals surface area (Å²) in [6.07, 6.45) is 0. The van der Waals surface area contributed by atoms with Gasteiger partial charge in [0.1, 0.15) is 5.69 Å². The fourth-order valence-electron chi connectivity index (χ4n) is 4.53. The van der Waals surface area contributed by atoms with Gasteiger partial charge < -0.3 is 9.66 Å². The normalized spacial score (nSPS) is 16.5. The highest BCUT2D eigenvalue weighted by Crippen LogP contribution is 2.44. The molecule has 1 heterocycles. The Labute approximate surface area is 195 Å². The number of likely N-dealkylation sites (N-methyl/N-ethyl adjacent to an activating group) is 1. The summed E-state index contributed by atoms with van der Waals surface area (Å²) in [4.78, 5) is 23.7. The number of hydrogen-bond acceptors (Lipinski definition) is 6. The third-order valence-electron chi connectivity index (χ3n) is 5.71. The van der Waals surface area contributed by atoms with E-state index in [1.807, 2.05) is 63.4 Å². The first kappa shape index (κ1) is 25.0. The summed E-state index contributed by atoms with van der Waals surface area (Å²) in [5.74, 6) is -0.867. The minimum absolute atomic E-state index is 0.0719. The first-order valence-corrected chi connectivity index (χ1v) is 11.3. The highest BCUT2D eigenvalue weighted by Gasteiger charge is 2.39. The Bertz CT molecular complexity index is 1380. The zero-order valence-corrected chi connectivity index (χ0v) is 19.2. The number of nitro groups is 1. The van der Waals surface area contributed by atoms with Gasteiger partial charge in [0.05, 0.1) is 17.5 Å². The van der Waals surface area contributed by atoms with Gasteiger partial charge in [0, 0.05) is 17.7 Å². The van der Waals surface area contributed by atoms with Gasteiger partial charge in [-0.2, -0.15) is 0 Å². The van der Waals surface area contributed by atoms with E-state index < -0.39 is 22.5 Å². The molecule has 0 saturated heterocycles. The minimum atomic E-state index is -5.42. The highest BCUT2D eigenvalue weighted by atomic mass is 32.3. The summed E-state index contributed by atoms with van der Waals surface area (Å²) in [6.45, 7) is 3.75. The molecule has 0 radical (unpaired) electrons. The summed E-state index contributed by atoms with van der Waals surface area (Å²) in [6, 6.07) is 16.0. The number of aryl methyl sites for hydroxylation is 2. The van der Waals surface area contributed by atoms with E-state index in [9.17, 15) is 23.9 Å². The molecule has 1 aliphatic heterocycles. The fourth-order valence-corrected chi connectivity index (χ4v) is 4.53. The lowest BCUT2D eigenvalue weighted by molar-refractivity contribution is -0.836. The van der Waals surface area contributed by atoms with Gasteiger partial charge in [-0.15, -0.1) is 3.89 Å². The maximum atomic E-state index is 12.0. The van der Waals surface area contributed by atoms with Crippen molar-refractivity contribution in [2.45, 2.75) is 19.9 Å². The number of carboxylic acid groups (broad SMARTS) is 1. The van der Waals surface area contributed by atoms with E-state index in [2.05, 4.69) is 0 Å². The second-order valence-corrected chi connectivity index (χ2v) is 8.66. The molecule has 3 aromatic carbocycles. The van der Waals surface area contributed by atoms with Gasteiger partial charge in [-0.1, -0.05) is 36.4 Å². The number of rotatable bonds is 3. The van der Waals surface area contributed by atoms with Crippen LogP contribution in [0, 0.1) is 24.0 Å². The van der Waals surface area contributed by atoms with Crippen LogP contribution in [0.25, 0.3) is 22.3 Å². The summed E-state index contributed by atoms with van der Waals surface area (Å²) in [5.41, 5.74) is 7.18. The number of nitrogens with one attached hydrogen (secondary N) is 1. The number of fused-ring (bicyclic) bond motifs is 3. The van der Waals surface area contributed by atoms with Crippen molar-refractivity contribution in [2.75, 3.05) is 7.05 Å². The van der Waals surface area contributed by atoms with Crippen molar-refractivity contribution in [3.8, 4) is 22.3 Å². The Kier molecular flexibility index (Phi) is 6.82. The number of hydrogen-bond donors (Lipinski definition) is 2. The van der Waals surface area contributed by atoms with E-state index in [0.717, 1.165) is 49.5 Å². The Balaban J connectivity index is 0.000000588. The molecule has 34 heavy (non-hydrogen) atoms. The number of halogens is 1. The molecule has 2 N–H and O–H groups in total. The van der Waals surface area contributed by atoms with Crippen molar-refractivity contribution < 1.29 is 36.6 Å². The molecular formula is C23H21FN2O7S. The smallest absolute Gasteiger partial charge is 0.367 e. The third-order valence-corrected chi connectivity index (χ3v) is 5.71. The van der Waals surface area contributed by atoms with Gasteiger partial charge in [-0.25, -0.2) is 13.2 Å². The fraction of sp³-hybridized carbons (Fsp3) is 0.174. The maximum absolute atomic E-state index is 12.0. The predicted octanol–water partition coefficient (Wildman–Crippen LogP) is 3.25. The van der Waals surface area contributed by atoms with Crippen LogP contribution in [0.3, 0.4) is 0 Å². The third kappa shape index (κ3) is 4.96. The molecule has 4 rings (SSSR count). The van der Waals surface area contributed by atoms with Gasteiger partial charge in [0.25, 0.3) is 16.2 Å². The van der Waals surface area contributed by atoms with Crippen molar-refractivity contribution in [1.29, 1.82) is 0 Å². The number of quaternary nitrogens is 1. The number of nitrogens with zero attached hydrogens (tertiary/aromatic N) is 1. The van der Waals surface area contributed by atoms with Gasteiger partial charge in [0.15, 0.2) is 0 Å². The molecule has 0 amide bonds. The van der Waals surface area contributed by atoms with E-state index in [0.29, 0.717) is 0 Å². The average molecular weight is 488 g/mol. The van der Waals surface area contributed by atoms with Crippen LogP contribution in [0.5, 0.6) is 0 Å². The molecule has 11 heteroatoms. The first-order valence-electron chi connectivity index (χ1n) is 10.0. The molecular weight excluding hydrogens is 467 g/mol. The summed E-state index contributed by atoms with van der Waals surface area (Å²) in [7, 11) is -3.55. The molecule has 3 aromatic rings. The quantitative estimate of drug-likeness (QED) is 0.249. The van der Waals surface area contributed by atoms with Crippen molar-refractivity contribution >= 4 is 27.8 Å². The van der Waals surface area contributed by atoms with Crippen molar-refractivity contribution in [3.63, 3.8) is 0 Å². The van der Waals surface area contributed by atoms with Gasteiger partial charge in [-0.3, -0.25) is 15.0 Å². The second-order valence-electron chi connectivity index (χ2n) is 7.87. The Morgan fingerprint density at radius 1 is 1.03 bits per heavy atom. The van der Waals surface area contributed by atoms with Crippen molar-refractivity contribution in [3.05, 3.63) is 81.4 Å². The SMILES string of the molecule is Cc1cc([N+](=O)[O-])cc(C)c1-c1cccc2c1-c1ccccc1C(C(=O)O)[NH+]2C.O=S(=O)([O-])F. The zero-order valence-electron chi connectivity index (χ0n) is 18.4. The standard InChI is InChI=1S/C23H20N2O4.FHO3S/c1-13-11-15(25(28)29)12-14(2)20(13)18-9-6-10-19-21(18)16-7-4-5-8-17(16)22(23(26)27)24(19)3;1-5(2,3)4/h4-12,22H,1-3H3,(H,26,27);(H,2,3,4). The number of carbonyl (C=O) groups is 1. The highest BCUT2D eigenvalue weighted by molar-refractivity contribution is 7.80. The van der Waals surface area contributed by atoms with Gasteiger partial charge in [0.2, 0.25) is 6.04 Å². The van der Waals surface area contributed by atoms with Crippen LogP contribution >= 0.6 is 0 Å². The van der Waals surface area contributed by atoms with Crippen molar-refractivity contribution in [1.82, 2.24) is 0 Å². The Morgan fingerprint density at radius 2 is 1.56 bits per heavy atom. The number of carboxylic acids is 1. The summed E-state index contributed by atoms with van der Waals surface area (Å²) < 4.78 is 35.3. The van der Waals surface area contributed by atoms with Crippen LogP contribution in [0.1, 0.15) is 22.7 Å². The summed E-state index contributed by atoms with van der Waals surface area (Å²) in [5, 5.41) is 21.1. The molecule has 2 atom stereocenters. The molecule has 0 bridgehead atoms. The lowest BCUT2D eigenvalue weighted by Crippen LogP contribution is -3.06. The molecule has 1 aliphatic rings. The number of non-ortho nitro benzene ring substituents is 1. The van der Waals surface area contributed by atoms with Crippen LogP contribution in [-0.2, 0) is 15.3 Å². The molecule has 0 spiro atoms. The largest absolute Gasteiger partial charge is 0.722 e. The van der Waals surface area contributed by atoms with E-state index in [1.165, 1.54) is 0 Å².